The molecule has 4 N–H and O–H groups in total. The number of carboxylic acids is 1. The van der Waals surface area contributed by atoms with Gasteiger partial charge in [-0.15, -0.1) is 18.2 Å². The van der Waals surface area contributed by atoms with E-state index in [9.17, 15) is 9.59 Å². The molecule has 102 valence electrons. The minimum Gasteiger partial charge on any atom is -0.480 e. The van der Waals surface area contributed by atoms with E-state index in [0.29, 0.717) is 12.8 Å². The molecule has 0 bridgehead atoms. The molecular weight excluding hydrogens is 252 g/mol. The lowest BCUT2D eigenvalue weighted by Crippen LogP contribution is -2.47. The molecule has 0 aliphatic rings. The monoisotopic (exact) mass is 272 g/mol. The van der Waals surface area contributed by atoms with Crippen molar-refractivity contribution in [3.8, 4) is 12.3 Å². The van der Waals surface area contributed by atoms with Gasteiger partial charge in [-0.05, 0) is 12.8 Å². The zero-order valence-electron chi connectivity index (χ0n) is 10.7. The molecule has 6 heteroatoms. The number of nitrogens with one attached hydrogen (secondary N) is 1. The third-order valence-corrected chi connectivity index (χ3v) is 3.77. The summed E-state index contributed by atoms with van der Waals surface area (Å²) in [6.45, 7) is 3.83. The van der Waals surface area contributed by atoms with E-state index >= 15 is 0 Å². The first-order chi connectivity index (χ1) is 8.40. The molecule has 0 radical (unpaired) electrons. The SMILES string of the molecule is C#CC(CC)(CC)NC(=O)CSC[C@H](N)C(=O)O. The van der Waals surface area contributed by atoms with Crippen molar-refractivity contribution in [2.75, 3.05) is 11.5 Å². The van der Waals surface area contributed by atoms with Gasteiger partial charge in [0.05, 0.1) is 5.75 Å². The minimum atomic E-state index is -1.07. The van der Waals surface area contributed by atoms with Crippen molar-refractivity contribution < 1.29 is 14.7 Å². The number of hydrogen-bond donors (Lipinski definition) is 3. The number of carbonyl (C=O) groups is 2. The molecule has 18 heavy (non-hydrogen) atoms. The Balaban J connectivity index is 4.13. The number of hydrogen-bond acceptors (Lipinski definition) is 4. The number of terminal acetylenes is 1. The van der Waals surface area contributed by atoms with E-state index in [1.807, 2.05) is 13.8 Å². The molecule has 0 aromatic heterocycles. The molecular formula is C12H20N2O3S. The van der Waals surface area contributed by atoms with Crippen molar-refractivity contribution in [2.24, 2.45) is 5.73 Å². The summed E-state index contributed by atoms with van der Waals surface area (Å²) in [5.74, 6) is 1.70. The highest BCUT2D eigenvalue weighted by Crippen LogP contribution is 2.14. The van der Waals surface area contributed by atoms with Gasteiger partial charge in [0.25, 0.3) is 0 Å². The smallest absolute Gasteiger partial charge is 0.321 e. The van der Waals surface area contributed by atoms with Crippen LogP contribution in [0.1, 0.15) is 26.7 Å². The number of carbonyl (C=O) groups excluding carboxylic acids is 1. The van der Waals surface area contributed by atoms with Crippen LogP contribution in [0.15, 0.2) is 0 Å². The van der Waals surface area contributed by atoms with Crippen LogP contribution in [-0.4, -0.2) is 40.1 Å². The predicted octanol–water partition coefficient (Wildman–Crippen LogP) is 0.440. The molecule has 0 heterocycles. The van der Waals surface area contributed by atoms with E-state index in [-0.39, 0.29) is 17.4 Å². The summed E-state index contributed by atoms with van der Waals surface area (Å²) >= 11 is 1.18. The lowest BCUT2D eigenvalue weighted by atomic mass is 9.94. The lowest BCUT2D eigenvalue weighted by Gasteiger charge is -2.27. The average molecular weight is 272 g/mol. The molecule has 0 rings (SSSR count). The van der Waals surface area contributed by atoms with Gasteiger partial charge in [0, 0.05) is 5.75 Å². The maximum Gasteiger partial charge on any atom is 0.321 e. The van der Waals surface area contributed by atoms with Gasteiger partial charge in [0.15, 0.2) is 0 Å². The zero-order chi connectivity index (χ0) is 14.2. The molecule has 0 saturated heterocycles. The summed E-state index contributed by atoms with van der Waals surface area (Å²) in [6, 6.07) is -0.947. The van der Waals surface area contributed by atoms with Crippen molar-refractivity contribution in [2.45, 2.75) is 38.3 Å². The molecule has 0 unspecified atom stereocenters. The second kappa shape index (κ2) is 8.01. The quantitative estimate of drug-likeness (QED) is 0.558. The van der Waals surface area contributed by atoms with E-state index in [1.165, 1.54) is 11.8 Å². The van der Waals surface area contributed by atoms with Gasteiger partial charge in [-0.25, -0.2) is 0 Å². The van der Waals surface area contributed by atoms with E-state index in [2.05, 4.69) is 11.2 Å². The molecule has 0 spiro atoms. The summed E-state index contributed by atoms with van der Waals surface area (Å²) in [7, 11) is 0. The Kier molecular flexibility index (Phi) is 7.48. The second-order valence-corrected chi connectivity index (χ2v) is 4.97. The maximum absolute atomic E-state index is 11.7. The largest absolute Gasteiger partial charge is 0.480 e. The van der Waals surface area contributed by atoms with Crippen molar-refractivity contribution in [1.82, 2.24) is 5.32 Å². The van der Waals surface area contributed by atoms with Gasteiger partial charge in [0.1, 0.15) is 11.6 Å². The van der Waals surface area contributed by atoms with E-state index in [1.54, 1.807) is 0 Å². The van der Waals surface area contributed by atoms with Crippen LogP contribution in [-0.2, 0) is 9.59 Å². The van der Waals surface area contributed by atoms with Crippen LogP contribution in [0.4, 0.5) is 0 Å². The second-order valence-electron chi connectivity index (χ2n) is 3.94. The van der Waals surface area contributed by atoms with Crippen LogP contribution in [0.2, 0.25) is 0 Å². The Labute approximate surface area is 112 Å². The normalized spacial score (nSPS) is 12.6. The number of carboxylic acid groups (broad SMARTS) is 1. The van der Waals surface area contributed by atoms with Gasteiger partial charge in [-0.3, -0.25) is 9.59 Å². The standard InChI is InChI=1S/C12H20N2O3S/c1-4-12(5-2,6-3)14-10(15)8-18-7-9(13)11(16)17/h1,9H,5-8,13H2,2-3H3,(H,14,15)(H,16,17)/t9-/m0/s1. The first kappa shape index (κ1) is 16.8. The highest BCUT2D eigenvalue weighted by atomic mass is 32.2. The number of rotatable bonds is 8. The highest BCUT2D eigenvalue weighted by Gasteiger charge is 2.25. The van der Waals surface area contributed by atoms with Crippen molar-refractivity contribution in [1.29, 1.82) is 0 Å². The molecule has 0 aliphatic heterocycles. The minimum absolute atomic E-state index is 0.157. The van der Waals surface area contributed by atoms with Gasteiger partial charge >= 0.3 is 5.97 Å². The van der Waals surface area contributed by atoms with Crippen LogP contribution < -0.4 is 11.1 Å². The van der Waals surface area contributed by atoms with Crippen LogP contribution >= 0.6 is 11.8 Å². The Bertz CT molecular complexity index is 335. The van der Waals surface area contributed by atoms with E-state index in [0.717, 1.165) is 0 Å². The summed E-state index contributed by atoms with van der Waals surface area (Å²) in [5, 5.41) is 11.4. The Hall–Kier alpha value is -1.19. The van der Waals surface area contributed by atoms with Gasteiger partial charge in [-0.2, -0.15) is 0 Å². The molecule has 0 aromatic carbocycles. The molecule has 0 fully saturated rings. The van der Waals surface area contributed by atoms with Crippen molar-refractivity contribution >= 4 is 23.6 Å². The van der Waals surface area contributed by atoms with Gasteiger partial charge < -0.3 is 16.2 Å². The fraction of sp³-hybridized carbons (Fsp3) is 0.667. The zero-order valence-corrected chi connectivity index (χ0v) is 11.5. The van der Waals surface area contributed by atoms with Crippen molar-refractivity contribution in [3.63, 3.8) is 0 Å². The van der Waals surface area contributed by atoms with E-state index < -0.39 is 17.6 Å². The third-order valence-electron chi connectivity index (χ3n) is 2.71. The number of nitrogens with two attached hydrogens (primary N) is 1. The molecule has 1 atom stereocenters. The molecule has 1 amide bonds. The summed E-state index contributed by atoms with van der Waals surface area (Å²) in [4.78, 5) is 22.1. The van der Waals surface area contributed by atoms with Crippen LogP contribution in [0.25, 0.3) is 0 Å². The fourth-order valence-corrected chi connectivity index (χ4v) is 2.09. The highest BCUT2D eigenvalue weighted by molar-refractivity contribution is 8.00. The van der Waals surface area contributed by atoms with Crippen molar-refractivity contribution in [3.05, 3.63) is 0 Å². The first-order valence-electron chi connectivity index (χ1n) is 5.75. The average Bonchev–Trinajstić information content (AvgIpc) is 2.35. The third kappa shape index (κ3) is 5.43. The first-order valence-corrected chi connectivity index (χ1v) is 6.91. The number of aliphatic carboxylic acids is 1. The molecule has 5 nitrogen and oxygen atoms in total. The van der Waals surface area contributed by atoms with Crippen LogP contribution in [0.3, 0.4) is 0 Å². The summed E-state index contributed by atoms with van der Waals surface area (Å²) in [6.07, 6.45) is 6.74. The molecule has 0 aliphatic carbocycles. The van der Waals surface area contributed by atoms with E-state index in [4.69, 9.17) is 17.3 Å². The molecule has 0 aromatic rings. The Morgan fingerprint density at radius 1 is 1.50 bits per heavy atom. The maximum atomic E-state index is 11.7. The summed E-state index contributed by atoms with van der Waals surface area (Å²) < 4.78 is 0. The Morgan fingerprint density at radius 3 is 2.44 bits per heavy atom. The fourth-order valence-electron chi connectivity index (χ4n) is 1.32. The predicted molar refractivity (Wildman–Crippen MR) is 73.2 cm³/mol. The topological polar surface area (TPSA) is 92.4 Å². The lowest BCUT2D eigenvalue weighted by molar-refractivity contribution is -0.138. The Morgan fingerprint density at radius 2 is 2.06 bits per heavy atom. The number of amides is 1. The van der Waals surface area contributed by atoms with Gasteiger partial charge in [-0.1, -0.05) is 19.8 Å². The van der Waals surface area contributed by atoms with Crippen LogP contribution in [0, 0.1) is 12.3 Å². The van der Waals surface area contributed by atoms with Gasteiger partial charge in [0.2, 0.25) is 5.91 Å². The molecule has 0 saturated carbocycles. The summed E-state index contributed by atoms with van der Waals surface area (Å²) in [5.41, 5.74) is 4.72. The van der Waals surface area contributed by atoms with Crippen LogP contribution in [0.5, 0.6) is 0 Å². The number of thioether (sulfide) groups is 1.